The Kier molecular flexibility index (Phi) is 1.91. The third kappa shape index (κ3) is 1.18. The smallest absolute Gasteiger partial charge is 0.0969 e. The van der Waals surface area contributed by atoms with Crippen LogP contribution in [0.2, 0.25) is 0 Å². The molecule has 1 saturated heterocycles. The molecule has 1 N–H and O–H groups in total. The molecule has 58 valence electrons. The molecule has 0 spiro atoms. The highest BCUT2D eigenvalue weighted by Gasteiger charge is 2.27. The molecule has 0 aromatic carbocycles. The van der Waals surface area contributed by atoms with Crippen LogP contribution >= 0.6 is 0 Å². The first-order valence-corrected chi connectivity index (χ1v) is 4.29. The molecule has 1 heterocycles. The highest BCUT2D eigenvalue weighted by molar-refractivity contribution is 4.79. The number of fused-ring (bicyclic) bond motifs is 1. The van der Waals surface area contributed by atoms with Crippen molar-refractivity contribution in [3.05, 3.63) is 0 Å². The van der Waals surface area contributed by atoms with Crippen LogP contribution in [-0.4, -0.2) is 19.4 Å². The van der Waals surface area contributed by atoms with Crippen LogP contribution in [0.25, 0.3) is 0 Å². The second kappa shape index (κ2) is 2.89. The molecule has 10 heavy (non-hydrogen) atoms. The Morgan fingerprint density at radius 3 is 3.00 bits per heavy atom. The minimum Gasteiger partial charge on any atom is -0.363 e. The van der Waals surface area contributed by atoms with Crippen molar-refractivity contribution in [3.8, 4) is 0 Å². The molecule has 0 aromatic heterocycles. The Morgan fingerprint density at radius 1 is 1.20 bits per heavy atom. The molecule has 1 saturated carbocycles. The van der Waals surface area contributed by atoms with Gasteiger partial charge in [-0.1, -0.05) is 12.8 Å². The van der Waals surface area contributed by atoms with Crippen molar-refractivity contribution in [2.45, 2.75) is 31.8 Å². The Bertz CT molecular complexity index is 89.8. The summed E-state index contributed by atoms with van der Waals surface area (Å²) < 4.78 is 5.57. The molecule has 2 aliphatic rings. The first-order chi connectivity index (χ1) is 4.97. The van der Waals surface area contributed by atoms with E-state index in [1.165, 1.54) is 32.2 Å². The normalized spacial score (nSPS) is 40.8. The standard InChI is InChI=1S/C8H15NO/c1-2-4-8-7(3-1)5-9-6-10-8/h7-9H,1-6H2/t7-,8-/m0/s1. The van der Waals surface area contributed by atoms with Gasteiger partial charge >= 0.3 is 0 Å². The minimum atomic E-state index is 0.593. The van der Waals surface area contributed by atoms with Crippen LogP contribution in [0.4, 0.5) is 0 Å². The van der Waals surface area contributed by atoms with E-state index in [-0.39, 0.29) is 0 Å². The van der Waals surface area contributed by atoms with E-state index in [2.05, 4.69) is 5.32 Å². The van der Waals surface area contributed by atoms with Crippen molar-refractivity contribution in [2.24, 2.45) is 5.92 Å². The van der Waals surface area contributed by atoms with Gasteiger partial charge in [-0.2, -0.15) is 0 Å². The van der Waals surface area contributed by atoms with Gasteiger partial charge in [0.15, 0.2) is 0 Å². The second-order valence-electron chi connectivity index (χ2n) is 3.35. The van der Waals surface area contributed by atoms with E-state index in [0.717, 1.165) is 12.6 Å². The van der Waals surface area contributed by atoms with Gasteiger partial charge in [0, 0.05) is 6.54 Å². The van der Waals surface area contributed by atoms with Crippen LogP contribution in [0.5, 0.6) is 0 Å². The Morgan fingerprint density at radius 2 is 2.10 bits per heavy atom. The fourth-order valence-electron chi connectivity index (χ4n) is 2.04. The van der Waals surface area contributed by atoms with E-state index in [1.807, 2.05) is 0 Å². The van der Waals surface area contributed by atoms with Gasteiger partial charge in [0.25, 0.3) is 0 Å². The van der Waals surface area contributed by atoms with E-state index >= 15 is 0 Å². The van der Waals surface area contributed by atoms with Gasteiger partial charge in [-0.15, -0.1) is 0 Å². The Labute approximate surface area is 61.9 Å². The van der Waals surface area contributed by atoms with Crippen molar-refractivity contribution in [3.63, 3.8) is 0 Å². The van der Waals surface area contributed by atoms with Crippen molar-refractivity contribution >= 4 is 0 Å². The molecule has 1 aliphatic heterocycles. The topological polar surface area (TPSA) is 21.3 Å². The quantitative estimate of drug-likeness (QED) is 0.546. The fraction of sp³-hybridized carbons (Fsp3) is 1.00. The summed E-state index contributed by atoms with van der Waals surface area (Å²) in [6.45, 7) is 1.96. The summed E-state index contributed by atoms with van der Waals surface area (Å²) in [5.74, 6) is 0.822. The monoisotopic (exact) mass is 141 g/mol. The second-order valence-corrected chi connectivity index (χ2v) is 3.35. The number of nitrogens with one attached hydrogen (secondary N) is 1. The van der Waals surface area contributed by atoms with Gasteiger partial charge < -0.3 is 4.74 Å². The zero-order chi connectivity index (χ0) is 6.81. The lowest BCUT2D eigenvalue weighted by Crippen LogP contribution is -2.43. The summed E-state index contributed by atoms with van der Waals surface area (Å²) in [5.41, 5.74) is 0. The Hall–Kier alpha value is -0.0800. The van der Waals surface area contributed by atoms with Crippen LogP contribution in [0.3, 0.4) is 0 Å². The molecule has 0 unspecified atom stereocenters. The predicted octanol–water partition coefficient (Wildman–Crippen LogP) is 1.12. The summed E-state index contributed by atoms with van der Waals surface area (Å²) in [5, 5.41) is 3.26. The molecule has 2 fully saturated rings. The summed E-state index contributed by atoms with van der Waals surface area (Å²) >= 11 is 0. The van der Waals surface area contributed by atoms with Crippen LogP contribution in [0, 0.1) is 5.92 Å². The summed E-state index contributed by atoms with van der Waals surface area (Å²) in [6.07, 6.45) is 6.05. The van der Waals surface area contributed by atoms with Gasteiger partial charge in [-0.25, -0.2) is 0 Å². The molecule has 0 amide bonds. The molecule has 0 aromatic rings. The molecule has 2 rings (SSSR count). The van der Waals surface area contributed by atoms with Crippen LogP contribution in [-0.2, 0) is 4.74 Å². The average molecular weight is 141 g/mol. The first kappa shape index (κ1) is 6.62. The van der Waals surface area contributed by atoms with Gasteiger partial charge in [-0.3, -0.25) is 5.32 Å². The fourth-order valence-corrected chi connectivity index (χ4v) is 2.04. The van der Waals surface area contributed by atoms with Gasteiger partial charge in [-0.05, 0) is 18.8 Å². The molecule has 0 radical (unpaired) electrons. The molecular weight excluding hydrogens is 126 g/mol. The largest absolute Gasteiger partial charge is 0.363 e. The van der Waals surface area contributed by atoms with E-state index in [1.54, 1.807) is 0 Å². The van der Waals surface area contributed by atoms with Crippen molar-refractivity contribution in [1.29, 1.82) is 0 Å². The Balaban J connectivity index is 1.93. The minimum absolute atomic E-state index is 0.593. The lowest BCUT2D eigenvalue weighted by atomic mass is 9.86. The van der Waals surface area contributed by atoms with E-state index in [4.69, 9.17) is 4.74 Å². The van der Waals surface area contributed by atoms with Gasteiger partial charge in [0.05, 0.1) is 12.8 Å². The highest BCUT2D eigenvalue weighted by atomic mass is 16.5. The summed E-state index contributed by atoms with van der Waals surface area (Å²) in [4.78, 5) is 0. The van der Waals surface area contributed by atoms with E-state index in [9.17, 15) is 0 Å². The molecule has 1 aliphatic carbocycles. The van der Waals surface area contributed by atoms with Crippen molar-refractivity contribution < 1.29 is 4.74 Å². The molecule has 2 atom stereocenters. The molecule has 2 nitrogen and oxygen atoms in total. The molecular formula is C8H15NO. The zero-order valence-corrected chi connectivity index (χ0v) is 6.31. The number of rotatable bonds is 0. The number of hydrogen-bond donors (Lipinski definition) is 1. The lowest BCUT2D eigenvalue weighted by molar-refractivity contribution is -0.0517. The summed E-state index contributed by atoms with van der Waals surface area (Å²) in [6, 6.07) is 0. The maximum Gasteiger partial charge on any atom is 0.0969 e. The van der Waals surface area contributed by atoms with Crippen LogP contribution < -0.4 is 5.32 Å². The van der Waals surface area contributed by atoms with Crippen LogP contribution in [0.15, 0.2) is 0 Å². The van der Waals surface area contributed by atoms with E-state index < -0.39 is 0 Å². The predicted molar refractivity (Wildman–Crippen MR) is 39.7 cm³/mol. The lowest BCUT2D eigenvalue weighted by Gasteiger charge is -2.35. The SMILES string of the molecule is C1CC[C@@H]2OCNC[C@@H]2C1. The number of ether oxygens (including phenoxy) is 1. The molecule has 2 heteroatoms. The van der Waals surface area contributed by atoms with Gasteiger partial charge in [0.2, 0.25) is 0 Å². The third-order valence-corrected chi connectivity index (χ3v) is 2.65. The number of hydrogen-bond acceptors (Lipinski definition) is 2. The van der Waals surface area contributed by atoms with E-state index in [0.29, 0.717) is 6.10 Å². The van der Waals surface area contributed by atoms with Crippen molar-refractivity contribution in [2.75, 3.05) is 13.3 Å². The third-order valence-electron chi connectivity index (χ3n) is 2.65. The average Bonchev–Trinajstić information content (AvgIpc) is 2.05. The van der Waals surface area contributed by atoms with Gasteiger partial charge in [0.1, 0.15) is 0 Å². The molecule has 0 bridgehead atoms. The highest BCUT2D eigenvalue weighted by Crippen LogP contribution is 2.27. The maximum absolute atomic E-state index is 5.57. The first-order valence-electron chi connectivity index (χ1n) is 4.29. The van der Waals surface area contributed by atoms with Crippen molar-refractivity contribution in [1.82, 2.24) is 5.32 Å². The zero-order valence-electron chi connectivity index (χ0n) is 6.31. The summed E-state index contributed by atoms with van der Waals surface area (Å²) in [7, 11) is 0. The maximum atomic E-state index is 5.57. The van der Waals surface area contributed by atoms with Crippen LogP contribution in [0.1, 0.15) is 25.7 Å².